The number of aliphatic hydroxyl groups excluding tert-OH is 1. The summed E-state index contributed by atoms with van der Waals surface area (Å²) in [5, 5.41) is 62.8. The number of carboxylic acid groups (broad SMARTS) is 3. The third-order valence-corrected chi connectivity index (χ3v) is 11.9. The van der Waals surface area contributed by atoms with Crippen molar-refractivity contribution in [3.63, 3.8) is 0 Å². The molecule has 390 valence electrons. The van der Waals surface area contributed by atoms with Crippen molar-refractivity contribution in [1.82, 2.24) is 44.9 Å². The van der Waals surface area contributed by atoms with Crippen LogP contribution in [0, 0.1) is 0 Å². The number of likely N-dealkylation sites (tertiary alicyclic amines) is 1. The molecule has 2 heterocycles. The molecule has 2 aliphatic heterocycles. The van der Waals surface area contributed by atoms with Gasteiger partial charge in [-0.15, -0.1) is 0 Å². The molecule has 70 heavy (non-hydrogen) atoms. The Kier molecular flexibility index (Phi) is 24.9. The number of nitrogens with zero attached hydrogens (tertiary/aromatic N) is 8. The average molecular weight is 991 g/mol. The van der Waals surface area contributed by atoms with Gasteiger partial charge in [-0.25, -0.2) is 0 Å². The maximum atomic E-state index is 13.8. The number of nitrogens with one attached hydrogen (secondary N) is 2. The average Bonchev–Trinajstić information content (AvgIpc) is 3.70. The number of carbonyl (C=O) groups excluding carboxylic acids is 5. The van der Waals surface area contributed by atoms with Crippen molar-refractivity contribution < 1.29 is 68.8 Å². The Morgan fingerprint density at radius 2 is 1.27 bits per heavy atom. The van der Waals surface area contributed by atoms with Crippen LogP contribution in [0.3, 0.4) is 0 Å². The number of benzene rings is 1. The zero-order chi connectivity index (χ0) is 51.9. The molecule has 0 saturated carbocycles. The Morgan fingerprint density at radius 3 is 1.76 bits per heavy atom. The number of aliphatic carboxylic acids is 3. The molecule has 1 aromatic carbocycles. The lowest BCUT2D eigenvalue weighted by molar-refractivity contribution is -0.140. The molecule has 27 heteroatoms. The summed E-state index contributed by atoms with van der Waals surface area (Å²) in [6.07, 6.45) is 0.731. The lowest BCUT2D eigenvalue weighted by Crippen LogP contribution is -2.52. The van der Waals surface area contributed by atoms with Gasteiger partial charge in [-0.05, 0) is 49.8 Å². The largest absolute Gasteiger partial charge is 0.480 e. The number of guanidine groups is 1. The summed E-state index contributed by atoms with van der Waals surface area (Å²) in [6, 6.07) is 5.47. The third-order valence-electron chi connectivity index (χ3n) is 11.9. The van der Waals surface area contributed by atoms with Gasteiger partial charge in [0.1, 0.15) is 6.04 Å². The summed E-state index contributed by atoms with van der Waals surface area (Å²) in [6.45, 7) is 0.769. The molecule has 0 aromatic heterocycles. The van der Waals surface area contributed by atoms with E-state index in [0.29, 0.717) is 19.3 Å². The molecule has 26 nitrogen and oxygen atoms in total. The molecule has 2 saturated heterocycles. The van der Waals surface area contributed by atoms with E-state index in [-0.39, 0.29) is 147 Å². The van der Waals surface area contributed by atoms with Crippen molar-refractivity contribution in [2.45, 2.75) is 63.2 Å². The van der Waals surface area contributed by atoms with Gasteiger partial charge in [-0.1, -0.05) is 12.1 Å². The van der Waals surface area contributed by atoms with Crippen LogP contribution in [0.2, 0.25) is 0 Å². The number of likely N-dealkylation sites (N-methyl/N-ethyl adjacent to an activating group) is 1. The van der Waals surface area contributed by atoms with Crippen molar-refractivity contribution in [2.75, 3.05) is 119 Å². The maximum Gasteiger partial charge on any atom is 0.475 e. The Hall–Kier alpha value is -5.97. The van der Waals surface area contributed by atoms with Crippen LogP contribution in [0.4, 0.5) is 0 Å². The van der Waals surface area contributed by atoms with E-state index in [9.17, 15) is 68.8 Å². The van der Waals surface area contributed by atoms with E-state index in [1.165, 1.54) is 9.80 Å². The van der Waals surface area contributed by atoms with Gasteiger partial charge < -0.3 is 67.3 Å². The lowest BCUT2D eigenvalue weighted by Gasteiger charge is -2.33. The van der Waals surface area contributed by atoms with Crippen LogP contribution in [-0.4, -0.2) is 262 Å². The number of carbonyl (C=O) groups is 8. The monoisotopic (exact) mass is 991 g/mol. The van der Waals surface area contributed by atoms with Crippen LogP contribution in [-0.2, 0) is 40.1 Å². The molecule has 1 aromatic rings. The Bertz CT molecular complexity index is 1910. The first-order chi connectivity index (χ1) is 33.1. The number of β-amino-alcohol motifs (C(OH)–C–C–N with tert-alkyl or cyclic N) is 1. The standard InChI is InChI=1S/C43H71BN12O14/c1-50(13-4-3-7-36(59)51(2)24-30-8-10-31(11-9-30)41(67)48-23-37(60)56-25-32(57)22-34(56)44(69)70)42(68)33(6-5-12-47-43(45)46)49-35(58)26-52-14-16-53(27-38(61)62)18-20-55(29-40(65)66)21-19-54(17-15-52)28-39(63)64/h8-11,32-34,57,69-70H,3-7,12-29H2,1-2H3,(H,48,67)(H,49,58)(H,61,62)(H,63,64)(H,65,66)(H4,45,46,47)/t32?,33-,34?/m0/s1. The second-order valence-corrected chi connectivity index (χ2v) is 17.6. The SMILES string of the molecule is CN(Cc1ccc(C(=O)NCC(=O)N2CC(O)CC2B(O)O)cc1)C(=O)CCCCN(C)C(=O)[C@H](CCCN=C(N)N)NC(=O)CN1CCN(CC(=O)O)CCN(CC(=O)O)CCN(CC(=O)O)CC1. The normalized spacial score (nSPS) is 18.1. The molecule has 12 N–H and O–H groups in total. The summed E-state index contributed by atoms with van der Waals surface area (Å²) in [5.74, 6) is -6.48. The fourth-order valence-electron chi connectivity index (χ4n) is 8.08. The first kappa shape index (κ1) is 58.3. The summed E-state index contributed by atoms with van der Waals surface area (Å²) in [7, 11) is 1.40. The van der Waals surface area contributed by atoms with Crippen LogP contribution >= 0.6 is 0 Å². The minimum atomic E-state index is -1.83. The fraction of sp³-hybridized carbons (Fsp3) is 0.651. The van der Waals surface area contributed by atoms with Gasteiger partial charge in [0.05, 0.1) is 44.8 Å². The number of unbranched alkanes of at least 4 members (excludes halogenated alkanes) is 1. The van der Waals surface area contributed by atoms with E-state index < -0.39 is 67.4 Å². The first-order valence-corrected chi connectivity index (χ1v) is 23.2. The molecule has 0 aliphatic carbocycles. The topological polar surface area (TPSA) is 369 Å². The van der Waals surface area contributed by atoms with Gasteiger partial charge in [0.15, 0.2) is 5.96 Å². The Labute approximate surface area is 407 Å². The molecule has 2 aliphatic rings. The van der Waals surface area contributed by atoms with Crippen molar-refractivity contribution in [1.29, 1.82) is 0 Å². The van der Waals surface area contributed by atoms with E-state index in [4.69, 9.17) is 11.5 Å². The minimum Gasteiger partial charge on any atom is -0.480 e. The van der Waals surface area contributed by atoms with E-state index in [1.54, 1.807) is 58.0 Å². The van der Waals surface area contributed by atoms with Gasteiger partial charge in [-0.2, -0.15) is 0 Å². The predicted molar refractivity (Wildman–Crippen MR) is 254 cm³/mol. The number of hydrogen-bond donors (Lipinski definition) is 10. The predicted octanol–water partition coefficient (Wildman–Crippen LogP) is -5.01. The highest BCUT2D eigenvalue weighted by Crippen LogP contribution is 2.19. The maximum absolute atomic E-state index is 13.8. The second kappa shape index (κ2) is 29.9. The summed E-state index contributed by atoms with van der Waals surface area (Å²) < 4.78 is 0. The van der Waals surface area contributed by atoms with Crippen LogP contribution in [0.5, 0.6) is 0 Å². The van der Waals surface area contributed by atoms with Gasteiger partial charge in [0.25, 0.3) is 5.91 Å². The fourth-order valence-corrected chi connectivity index (χ4v) is 8.08. The molecule has 0 radical (unpaired) electrons. The smallest absolute Gasteiger partial charge is 0.475 e. The van der Waals surface area contributed by atoms with E-state index in [0.717, 1.165) is 10.5 Å². The highest BCUT2D eigenvalue weighted by atomic mass is 16.4. The first-order valence-electron chi connectivity index (χ1n) is 23.2. The number of carboxylic acids is 3. The number of rotatable bonds is 25. The summed E-state index contributed by atoms with van der Waals surface area (Å²) in [5.41, 5.74) is 12.0. The minimum absolute atomic E-state index is 0.00997. The van der Waals surface area contributed by atoms with Crippen LogP contribution in [0.1, 0.15) is 54.4 Å². The molecule has 3 rings (SSSR count). The number of hydrogen-bond acceptors (Lipinski definition) is 16. The highest BCUT2D eigenvalue weighted by Gasteiger charge is 2.41. The number of aliphatic hydroxyl groups is 1. The lowest BCUT2D eigenvalue weighted by atomic mass is 9.77. The van der Waals surface area contributed by atoms with Gasteiger partial charge in [-0.3, -0.25) is 62.9 Å². The highest BCUT2D eigenvalue weighted by molar-refractivity contribution is 6.43. The molecular formula is C43H71BN12O14. The van der Waals surface area contributed by atoms with Crippen molar-refractivity contribution in [3.8, 4) is 0 Å². The van der Waals surface area contributed by atoms with Gasteiger partial charge in [0.2, 0.25) is 23.6 Å². The molecular weight excluding hydrogens is 919 g/mol. The molecule has 3 atom stereocenters. The van der Waals surface area contributed by atoms with E-state index in [2.05, 4.69) is 15.6 Å². The molecule has 2 fully saturated rings. The van der Waals surface area contributed by atoms with Gasteiger partial charge >= 0.3 is 25.0 Å². The zero-order valence-electron chi connectivity index (χ0n) is 40.1. The van der Waals surface area contributed by atoms with Crippen molar-refractivity contribution >= 4 is 60.5 Å². The van der Waals surface area contributed by atoms with Crippen LogP contribution in [0.25, 0.3) is 0 Å². The molecule has 5 amide bonds. The quantitative estimate of drug-likeness (QED) is 0.0190. The summed E-state index contributed by atoms with van der Waals surface area (Å²) in [4.78, 5) is 116. The Morgan fingerprint density at radius 1 is 0.757 bits per heavy atom. The van der Waals surface area contributed by atoms with Crippen LogP contribution in [0.15, 0.2) is 29.3 Å². The number of nitrogens with two attached hydrogens (primary N) is 2. The number of aliphatic imine (C=N–C) groups is 1. The summed E-state index contributed by atoms with van der Waals surface area (Å²) >= 11 is 0. The molecule has 0 spiro atoms. The van der Waals surface area contributed by atoms with Crippen molar-refractivity contribution in [3.05, 3.63) is 35.4 Å². The molecule has 0 bridgehead atoms. The Balaban J connectivity index is 1.55. The molecule has 2 unspecified atom stereocenters. The van der Waals surface area contributed by atoms with Gasteiger partial charge in [0, 0.05) is 105 Å². The van der Waals surface area contributed by atoms with E-state index in [1.807, 2.05) is 0 Å². The third kappa shape index (κ3) is 21.8. The second-order valence-electron chi connectivity index (χ2n) is 17.6. The van der Waals surface area contributed by atoms with E-state index >= 15 is 0 Å². The zero-order valence-corrected chi connectivity index (χ0v) is 40.1. The van der Waals surface area contributed by atoms with Crippen molar-refractivity contribution in [2.24, 2.45) is 16.5 Å². The number of amides is 5. The van der Waals surface area contributed by atoms with Crippen LogP contribution < -0.4 is 22.1 Å².